The molecule has 1 amide bonds. The minimum Gasteiger partial charge on any atom is -0.495 e. The molecule has 0 unspecified atom stereocenters. The summed E-state index contributed by atoms with van der Waals surface area (Å²) in [6, 6.07) is 6.01. The smallest absolute Gasteiger partial charge is 0.247 e. The van der Waals surface area contributed by atoms with Gasteiger partial charge >= 0.3 is 0 Å². The number of primary amides is 1. The van der Waals surface area contributed by atoms with Crippen LogP contribution in [0, 0.1) is 0 Å². The highest BCUT2D eigenvalue weighted by Gasteiger charge is 2.19. The van der Waals surface area contributed by atoms with Crippen LogP contribution in [0.15, 0.2) is 46.7 Å². The summed E-state index contributed by atoms with van der Waals surface area (Å²) in [6.45, 7) is 12.2. The third-order valence-electron chi connectivity index (χ3n) is 6.05. The number of anilines is 2. The summed E-state index contributed by atoms with van der Waals surface area (Å²) in [4.78, 5) is 19.2. The van der Waals surface area contributed by atoms with Gasteiger partial charge in [0.15, 0.2) is 0 Å². The lowest BCUT2D eigenvalue weighted by atomic mass is 10.1. The van der Waals surface area contributed by atoms with E-state index in [9.17, 15) is 4.79 Å². The zero-order valence-corrected chi connectivity index (χ0v) is 20.5. The molecule has 0 atom stereocenters. The van der Waals surface area contributed by atoms with Gasteiger partial charge in [-0.25, -0.2) is 0 Å². The number of nitrogens with zero attached hydrogens (tertiary/aromatic N) is 2. The first kappa shape index (κ1) is 25.6. The highest BCUT2D eigenvalue weighted by molar-refractivity contribution is 6.01. The molecule has 2 aliphatic heterocycles. The average Bonchev–Trinajstić information content (AvgIpc) is 2.87. The van der Waals surface area contributed by atoms with Crippen LogP contribution in [0.2, 0.25) is 0 Å². The fraction of sp³-hybridized carbons (Fsp3) is 0.520. The summed E-state index contributed by atoms with van der Waals surface area (Å²) in [5.41, 5.74) is 8.61. The molecular formula is C25H37N5O4. The molecule has 186 valence electrons. The third-order valence-corrected chi connectivity index (χ3v) is 6.05. The van der Waals surface area contributed by atoms with Gasteiger partial charge in [0, 0.05) is 38.1 Å². The molecule has 0 saturated carbocycles. The Labute approximate surface area is 202 Å². The Hall–Kier alpha value is -3.04. The van der Waals surface area contributed by atoms with Gasteiger partial charge in [0.2, 0.25) is 5.91 Å². The number of amides is 1. The Bertz CT molecular complexity index is 931. The van der Waals surface area contributed by atoms with Crippen LogP contribution in [0.5, 0.6) is 5.75 Å². The van der Waals surface area contributed by atoms with Crippen LogP contribution >= 0.6 is 0 Å². The molecule has 9 nitrogen and oxygen atoms in total. The maximum atomic E-state index is 12.1. The number of hydrogen-bond donors (Lipinski definition) is 3. The van der Waals surface area contributed by atoms with Gasteiger partial charge in [-0.15, -0.1) is 0 Å². The number of nitrogens with one attached hydrogen (secondary N) is 2. The summed E-state index contributed by atoms with van der Waals surface area (Å²) in [5.74, 6) is 1.32. The van der Waals surface area contributed by atoms with E-state index in [0.29, 0.717) is 43.7 Å². The number of ether oxygens (including phenoxy) is 3. The van der Waals surface area contributed by atoms with E-state index in [0.717, 1.165) is 55.0 Å². The molecule has 2 fully saturated rings. The molecule has 0 radical (unpaired) electrons. The fourth-order valence-corrected chi connectivity index (χ4v) is 3.80. The van der Waals surface area contributed by atoms with Crippen molar-refractivity contribution in [3.05, 3.63) is 41.7 Å². The van der Waals surface area contributed by atoms with Gasteiger partial charge in [-0.1, -0.05) is 13.5 Å². The fourth-order valence-electron chi connectivity index (χ4n) is 3.80. The molecule has 2 heterocycles. The molecule has 0 aromatic heterocycles. The Morgan fingerprint density at radius 1 is 1.24 bits per heavy atom. The van der Waals surface area contributed by atoms with E-state index in [-0.39, 0.29) is 6.04 Å². The second kappa shape index (κ2) is 12.4. The summed E-state index contributed by atoms with van der Waals surface area (Å²) in [5, 5.41) is 6.62. The van der Waals surface area contributed by atoms with Crippen LogP contribution in [0.3, 0.4) is 0 Å². The number of methoxy groups -OCH3 is 1. The van der Waals surface area contributed by atoms with Gasteiger partial charge in [-0.2, -0.15) is 0 Å². The van der Waals surface area contributed by atoms with Crippen molar-refractivity contribution in [3.63, 3.8) is 0 Å². The van der Waals surface area contributed by atoms with Crippen LogP contribution in [0.1, 0.15) is 33.1 Å². The van der Waals surface area contributed by atoms with Crippen molar-refractivity contribution in [1.29, 1.82) is 0 Å². The van der Waals surface area contributed by atoms with Crippen molar-refractivity contribution in [2.75, 3.05) is 56.8 Å². The molecule has 1 aromatic rings. The lowest BCUT2D eigenvalue weighted by Gasteiger charge is -2.30. The molecule has 34 heavy (non-hydrogen) atoms. The minimum atomic E-state index is -0.528. The topological polar surface area (TPSA) is 110 Å². The number of nitrogens with two attached hydrogens (primary N) is 1. The number of carbonyl (C=O) groups excluding carboxylic acids is 1. The van der Waals surface area contributed by atoms with Crippen molar-refractivity contribution in [3.8, 4) is 5.75 Å². The average molecular weight is 472 g/mol. The number of hydrogen-bond acceptors (Lipinski definition) is 7. The summed E-state index contributed by atoms with van der Waals surface area (Å²) >= 11 is 0. The Balaban J connectivity index is 1.87. The van der Waals surface area contributed by atoms with Crippen molar-refractivity contribution in [1.82, 2.24) is 5.32 Å². The van der Waals surface area contributed by atoms with E-state index in [4.69, 9.17) is 24.9 Å². The molecule has 0 bridgehead atoms. The van der Waals surface area contributed by atoms with E-state index in [1.807, 2.05) is 25.1 Å². The standard InChI is InChI=1S/C25H37N5O4/c1-5-17(2)24(27-19-8-12-33-13-9-19)29-25(18(3)23(26)31)28-20-6-7-21(22(16-20)32-4)30-10-14-34-15-11-30/h6-7,16,19,28H,2,5,8-15H2,1,3-4H3,(H2,26,31)(H,27,29)/b25-18+. The third kappa shape index (κ3) is 6.74. The lowest BCUT2D eigenvalue weighted by Crippen LogP contribution is -2.36. The predicted octanol–water partition coefficient (Wildman–Crippen LogP) is 2.79. The summed E-state index contributed by atoms with van der Waals surface area (Å²) in [6.07, 6.45) is 2.42. The van der Waals surface area contributed by atoms with E-state index in [1.165, 1.54) is 0 Å². The Morgan fingerprint density at radius 2 is 1.91 bits per heavy atom. The van der Waals surface area contributed by atoms with Crippen LogP contribution in [-0.4, -0.2) is 64.4 Å². The van der Waals surface area contributed by atoms with Crippen molar-refractivity contribution in [2.45, 2.75) is 39.2 Å². The first-order valence-corrected chi connectivity index (χ1v) is 11.8. The molecule has 2 aliphatic rings. The zero-order chi connectivity index (χ0) is 24.5. The van der Waals surface area contributed by atoms with Crippen LogP contribution in [-0.2, 0) is 14.3 Å². The first-order chi connectivity index (χ1) is 16.4. The van der Waals surface area contributed by atoms with Crippen LogP contribution in [0.25, 0.3) is 0 Å². The number of aliphatic imine (C=N–C) groups is 1. The number of rotatable bonds is 9. The minimum absolute atomic E-state index is 0.141. The van der Waals surface area contributed by atoms with Crippen molar-refractivity contribution >= 4 is 23.1 Å². The molecule has 2 saturated heterocycles. The number of amidine groups is 1. The van der Waals surface area contributed by atoms with Crippen molar-refractivity contribution in [2.24, 2.45) is 10.7 Å². The molecule has 0 spiro atoms. The van der Waals surface area contributed by atoms with Crippen LogP contribution in [0.4, 0.5) is 11.4 Å². The lowest BCUT2D eigenvalue weighted by molar-refractivity contribution is -0.114. The van der Waals surface area contributed by atoms with E-state index >= 15 is 0 Å². The quantitative estimate of drug-likeness (QED) is 0.289. The Morgan fingerprint density at radius 3 is 2.53 bits per heavy atom. The van der Waals surface area contributed by atoms with E-state index in [2.05, 4.69) is 22.1 Å². The zero-order valence-electron chi connectivity index (χ0n) is 20.5. The van der Waals surface area contributed by atoms with E-state index < -0.39 is 5.91 Å². The monoisotopic (exact) mass is 471 g/mol. The number of benzene rings is 1. The second-order valence-corrected chi connectivity index (χ2v) is 8.38. The van der Waals surface area contributed by atoms with Gasteiger partial charge < -0.3 is 35.5 Å². The van der Waals surface area contributed by atoms with Crippen LogP contribution < -0.4 is 26.0 Å². The second-order valence-electron chi connectivity index (χ2n) is 8.38. The molecule has 4 N–H and O–H groups in total. The number of carbonyl (C=O) groups is 1. The Kier molecular flexibility index (Phi) is 9.35. The van der Waals surface area contributed by atoms with Gasteiger partial charge in [-0.05, 0) is 43.9 Å². The highest BCUT2D eigenvalue weighted by Crippen LogP contribution is 2.32. The predicted molar refractivity (Wildman–Crippen MR) is 135 cm³/mol. The maximum Gasteiger partial charge on any atom is 0.247 e. The van der Waals surface area contributed by atoms with E-state index in [1.54, 1.807) is 14.0 Å². The molecule has 0 aliphatic carbocycles. The first-order valence-electron chi connectivity index (χ1n) is 11.8. The molecular weight excluding hydrogens is 434 g/mol. The molecule has 9 heteroatoms. The van der Waals surface area contributed by atoms with Gasteiger partial charge in [-0.3, -0.25) is 9.79 Å². The largest absolute Gasteiger partial charge is 0.495 e. The normalized spacial score (nSPS) is 18.2. The highest BCUT2D eigenvalue weighted by atomic mass is 16.5. The van der Waals surface area contributed by atoms with Gasteiger partial charge in [0.05, 0.1) is 37.6 Å². The van der Waals surface area contributed by atoms with Crippen molar-refractivity contribution < 1.29 is 19.0 Å². The van der Waals surface area contributed by atoms with Gasteiger partial charge in [0.1, 0.15) is 17.4 Å². The van der Waals surface area contributed by atoms with Gasteiger partial charge in [0.25, 0.3) is 0 Å². The summed E-state index contributed by atoms with van der Waals surface area (Å²) in [7, 11) is 1.65. The SMILES string of the molecule is C=C(CC)C(=NC1CCOCC1)N/C(Nc1ccc(N2CCOCC2)c(OC)c1)=C(\C)C(N)=O. The summed E-state index contributed by atoms with van der Waals surface area (Å²) < 4.78 is 16.6. The maximum absolute atomic E-state index is 12.1. The molecule has 3 rings (SSSR count). The number of morpholine rings is 1. The molecule has 1 aromatic carbocycles.